The van der Waals surface area contributed by atoms with Crippen molar-refractivity contribution in [1.82, 2.24) is 4.90 Å². The van der Waals surface area contributed by atoms with Crippen molar-refractivity contribution in [2.45, 2.75) is 24.2 Å². The minimum atomic E-state index is -0.865. The van der Waals surface area contributed by atoms with Crippen molar-refractivity contribution in [1.29, 1.82) is 0 Å². The molecule has 1 fully saturated rings. The summed E-state index contributed by atoms with van der Waals surface area (Å²) in [5.74, 6) is -0.865. The fourth-order valence-electron chi connectivity index (χ4n) is 2.60. The molecule has 1 aromatic carbocycles. The Morgan fingerprint density at radius 2 is 2.10 bits per heavy atom. The fraction of sp³-hybridized carbons (Fsp3) is 0.533. The summed E-state index contributed by atoms with van der Waals surface area (Å²) in [5, 5.41) is 12.6. The third kappa shape index (κ3) is 3.90. The van der Waals surface area contributed by atoms with Crippen molar-refractivity contribution < 1.29 is 9.90 Å². The van der Waals surface area contributed by atoms with Crippen LogP contribution in [0.5, 0.6) is 0 Å². The van der Waals surface area contributed by atoms with Crippen LogP contribution in [0, 0.1) is 0 Å². The molecule has 0 saturated carbocycles. The number of nitrogens with zero attached hydrogens (tertiary/aromatic N) is 1. The van der Waals surface area contributed by atoms with Gasteiger partial charge in [-0.2, -0.15) is 0 Å². The molecule has 2 rings (SSSR count). The molecule has 1 heterocycles. The maximum absolute atomic E-state index is 11.4. The van der Waals surface area contributed by atoms with Crippen molar-refractivity contribution in [2.24, 2.45) is 0 Å². The molecule has 5 heteroatoms. The summed E-state index contributed by atoms with van der Waals surface area (Å²) in [4.78, 5) is 14.6. The van der Waals surface area contributed by atoms with Gasteiger partial charge in [0.25, 0.3) is 0 Å². The number of nitrogens with one attached hydrogen (secondary N) is 1. The summed E-state index contributed by atoms with van der Waals surface area (Å²) < 4.78 is 0. The number of rotatable bonds is 6. The highest BCUT2D eigenvalue weighted by atomic mass is 32.2. The van der Waals surface area contributed by atoms with Gasteiger partial charge in [0.05, 0.1) is 5.56 Å². The van der Waals surface area contributed by atoms with E-state index in [4.69, 9.17) is 0 Å². The maximum Gasteiger partial charge on any atom is 0.338 e. The highest BCUT2D eigenvalue weighted by Crippen LogP contribution is 2.27. The summed E-state index contributed by atoms with van der Waals surface area (Å²) in [6.45, 7) is 4.09. The number of hydrogen-bond donors (Lipinski definition) is 2. The van der Waals surface area contributed by atoms with Gasteiger partial charge in [0.15, 0.2) is 0 Å². The Labute approximate surface area is 124 Å². The second-order valence-electron chi connectivity index (χ2n) is 5.02. The monoisotopic (exact) mass is 294 g/mol. The van der Waals surface area contributed by atoms with Crippen molar-refractivity contribution in [2.75, 3.05) is 37.8 Å². The number of likely N-dealkylation sites (tertiary alicyclic amines) is 1. The van der Waals surface area contributed by atoms with Crippen LogP contribution in [0.1, 0.15) is 29.6 Å². The zero-order valence-electron chi connectivity index (χ0n) is 11.9. The first-order valence-electron chi connectivity index (χ1n) is 7.09. The molecule has 1 aliphatic heterocycles. The predicted molar refractivity (Wildman–Crippen MR) is 84.0 cm³/mol. The van der Waals surface area contributed by atoms with Crippen LogP contribution in [0.25, 0.3) is 0 Å². The number of aromatic carboxylic acids is 1. The average Bonchev–Trinajstić information content (AvgIpc) is 2.47. The zero-order chi connectivity index (χ0) is 14.4. The third-order valence-electron chi connectivity index (χ3n) is 3.65. The molecule has 0 spiro atoms. The SMILES string of the molecule is CSc1cccc(NCCN2CCCCC2)c1C(=O)O. The van der Waals surface area contributed by atoms with Crippen LogP contribution in [-0.4, -0.2) is 48.4 Å². The number of thioether (sulfide) groups is 1. The second-order valence-corrected chi connectivity index (χ2v) is 5.87. The Morgan fingerprint density at radius 3 is 2.75 bits per heavy atom. The van der Waals surface area contributed by atoms with Crippen molar-refractivity contribution >= 4 is 23.4 Å². The van der Waals surface area contributed by atoms with Crippen molar-refractivity contribution in [3.63, 3.8) is 0 Å². The highest BCUT2D eigenvalue weighted by molar-refractivity contribution is 7.98. The molecule has 20 heavy (non-hydrogen) atoms. The number of carboxylic acids is 1. The molecule has 4 nitrogen and oxygen atoms in total. The number of carbonyl (C=O) groups is 1. The molecule has 1 saturated heterocycles. The van der Waals surface area contributed by atoms with E-state index in [1.807, 2.05) is 24.5 Å². The summed E-state index contributed by atoms with van der Waals surface area (Å²) >= 11 is 1.47. The van der Waals surface area contributed by atoms with Crippen LogP contribution in [-0.2, 0) is 0 Å². The van der Waals surface area contributed by atoms with E-state index in [2.05, 4.69) is 10.2 Å². The molecule has 0 unspecified atom stereocenters. The molecule has 1 aliphatic rings. The lowest BCUT2D eigenvalue weighted by Crippen LogP contribution is -2.33. The molecule has 0 radical (unpaired) electrons. The van der Waals surface area contributed by atoms with Gasteiger partial charge >= 0.3 is 5.97 Å². The van der Waals surface area contributed by atoms with E-state index in [1.54, 1.807) is 0 Å². The molecule has 110 valence electrons. The summed E-state index contributed by atoms with van der Waals surface area (Å²) in [6, 6.07) is 5.60. The Morgan fingerprint density at radius 1 is 1.35 bits per heavy atom. The van der Waals surface area contributed by atoms with Crippen LogP contribution >= 0.6 is 11.8 Å². The zero-order valence-corrected chi connectivity index (χ0v) is 12.7. The summed E-state index contributed by atoms with van der Waals surface area (Å²) in [5.41, 5.74) is 1.11. The molecule has 0 amide bonds. The lowest BCUT2D eigenvalue weighted by atomic mass is 10.1. The molecular weight excluding hydrogens is 272 g/mol. The molecule has 0 aliphatic carbocycles. The molecule has 0 bridgehead atoms. The largest absolute Gasteiger partial charge is 0.478 e. The summed E-state index contributed by atoms with van der Waals surface area (Å²) in [6.07, 6.45) is 5.80. The van der Waals surface area contributed by atoms with E-state index >= 15 is 0 Å². The quantitative estimate of drug-likeness (QED) is 0.790. The Bertz CT molecular complexity index is 459. The number of hydrogen-bond acceptors (Lipinski definition) is 4. The van der Waals surface area contributed by atoms with Gasteiger partial charge in [0, 0.05) is 23.7 Å². The lowest BCUT2D eigenvalue weighted by Gasteiger charge is -2.26. The lowest BCUT2D eigenvalue weighted by molar-refractivity contribution is 0.0694. The first-order valence-corrected chi connectivity index (χ1v) is 8.31. The van der Waals surface area contributed by atoms with Crippen LogP contribution < -0.4 is 5.32 Å². The first kappa shape index (κ1) is 15.2. The van der Waals surface area contributed by atoms with Crippen LogP contribution in [0.4, 0.5) is 5.69 Å². The van der Waals surface area contributed by atoms with Crippen LogP contribution in [0.3, 0.4) is 0 Å². The molecule has 0 atom stereocenters. The first-order chi connectivity index (χ1) is 9.72. The molecule has 1 aromatic rings. The van der Waals surface area contributed by atoms with E-state index in [0.29, 0.717) is 5.56 Å². The molecule has 0 aromatic heterocycles. The van der Waals surface area contributed by atoms with E-state index < -0.39 is 5.97 Å². The predicted octanol–water partition coefficient (Wildman–Crippen LogP) is 3.00. The second kappa shape index (κ2) is 7.55. The summed E-state index contributed by atoms with van der Waals surface area (Å²) in [7, 11) is 0. The number of benzene rings is 1. The standard InChI is InChI=1S/C15H22N2O2S/c1-20-13-7-5-6-12(14(13)15(18)19)16-8-11-17-9-3-2-4-10-17/h5-7,16H,2-4,8-11H2,1H3,(H,18,19). The van der Waals surface area contributed by atoms with Gasteiger partial charge < -0.3 is 15.3 Å². The van der Waals surface area contributed by atoms with Crippen molar-refractivity contribution in [3.05, 3.63) is 23.8 Å². The molecule has 2 N–H and O–H groups in total. The Hall–Kier alpha value is -1.20. The van der Waals surface area contributed by atoms with Gasteiger partial charge in [0.2, 0.25) is 0 Å². The van der Waals surface area contributed by atoms with E-state index in [9.17, 15) is 9.90 Å². The third-order valence-corrected chi connectivity index (χ3v) is 4.43. The van der Waals surface area contributed by atoms with Gasteiger partial charge in [-0.15, -0.1) is 11.8 Å². The molecular formula is C15H22N2O2S. The Balaban J connectivity index is 1.96. The number of piperidine rings is 1. The van der Waals surface area contributed by atoms with Gasteiger partial charge in [-0.05, 0) is 44.3 Å². The van der Waals surface area contributed by atoms with E-state index in [1.165, 1.54) is 31.0 Å². The Kier molecular flexibility index (Phi) is 5.73. The maximum atomic E-state index is 11.4. The smallest absolute Gasteiger partial charge is 0.338 e. The van der Waals surface area contributed by atoms with Gasteiger partial charge in [-0.3, -0.25) is 0 Å². The van der Waals surface area contributed by atoms with Crippen LogP contribution in [0.15, 0.2) is 23.1 Å². The van der Waals surface area contributed by atoms with Gasteiger partial charge in [-0.1, -0.05) is 12.5 Å². The minimum Gasteiger partial charge on any atom is -0.478 e. The van der Waals surface area contributed by atoms with Crippen LogP contribution in [0.2, 0.25) is 0 Å². The topological polar surface area (TPSA) is 52.6 Å². The number of anilines is 1. The fourth-order valence-corrected chi connectivity index (χ4v) is 3.22. The van der Waals surface area contributed by atoms with E-state index in [-0.39, 0.29) is 0 Å². The number of carboxylic acid groups (broad SMARTS) is 1. The average molecular weight is 294 g/mol. The minimum absolute atomic E-state index is 0.388. The van der Waals surface area contributed by atoms with E-state index in [0.717, 1.165) is 36.8 Å². The highest BCUT2D eigenvalue weighted by Gasteiger charge is 2.15. The van der Waals surface area contributed by atoms with Gasteiger partial charge in [-0.25, -0.2) is 4.79 Å². The van der Waals surface area contributed by atoms with Crippen molar-refractivity contribution in [3.8, 4) is 0 Å². The van der Waals surface area contributed by atoms with Gasteiger partial charge in [0.1, 0.15) is 0 Å². The normalized spacial score (nSPS) is 16.1.